The third-order valence-electron chi connectivity index (χ3n) is 6.98. The average Bonchev–Trinajstić information content (AvgIpc) is 3.83. The molecule has 0 amide bonds. The molecule has 0 fully saturated rings. The number of hydrogen-bond donors (Lipinski definition) is 0. The summed E-state index contributed by atoms with van der Waals surface area (Å²) in [5, 5.41) is 0. The Kier molecular flexibility index (Phi) is 13.3. The van der Waals surface area contributed by atoms with Crippen LogP contribution in [0.15, 0.2) is 128 Å². The first-order valence-corrected chi connectivity index (χ1v) is 15.2. The molecule has 0 unspecified atom stereocenters. The van der Waals surface area contributed by atoms with E-state index < -0.39 is 0 Å². The van der Waals surface area contributed by atoms with E-state index in [0.717, 1.165) is 28.1 Å². The van der Waals surface area contributed by atoms with Crippen molar-refractivity contribution in [2.24, 2.45) is 0 Å². The Balaban J connectivity index is 0.000000559. The molecule has 0 spiro atoms. The van der Waals surface area contributed by atoms with Gasteiger partial charge in [-0.15, -0.1) is 48.0 Å². The maximum atomic E-state index is 6.57. The van der Waals surface area contributed by atoms with E-state index in [1.807, 2.05) is 119 Å². The van der Waals surface area contributed by atoms with Crippen molar-refractivity contribution < 1.29 is 60.8 Å². The molecule has 1 aliphatic rings. The number of nitrogens with zero attached hydrogens (tertiary/aromatic N) is 4. The number of rotatable bonds is 7. The summed E-state index contributed by atoms with van der Waals surface area (Å²) in [5.74, 6) is 2.38. The van der Waals surface area contributed by atoms with Crippen molar-refractivity contribution in [3.8, 4) is 51.4 Å². The van der Waals surface area contributed by atoms with Gasteiger partial charge in [-0.3, -0.25) is 11.1 Å². The predicted octanol–water partition coefficient (Wildman–Crippen LogP) is 8.99. The molecule has 2 aromatic heterocycles. The zero-order valence-electron chi connectivity index (χ0n) is 27.4. The molecule has 4 aromatic carbocycles. The summed E-state index contributed by atoms with van der Waals surface area (Å²) in [7, 11) is 0. The summed E-state index contributed by atoms with van der Waals surface area (Å²) in [5.41, 5.74) is 3.99. The molecule has 50 heavy (non-hydrogen) atoms. The monoisotopic (exact) mass is 1010 g/mol. The van der Waals surface area contributed by atoms with Crippen LogP contribution in [-0.4, -0.2) is 30.2 Å². The van der Waals surface area contributed by atoms with Gasteiger partial charge in [-0.2, -0.15) is 36.4 Å². The number of pyridine rings is 1. The molecule has 0 bridgehead atoms. The van der Waals surface area contributed by atoms with Gasteiger partial charge in [0.05, 0.1) is 0 Å². The van der Waals surface area contributed by atoms with Gasteiger partial charge in [0.1, 0.15) is 5.69 Å². The molecule has 1 aliphatic heterocycles. The van der Waals surface area contributed by atoms with E-state index in [2.05, 4.69) is 68.1 Å². The van der Waals surface area contributed by atoms with E-state index >= 15 is 0 Å². The SMILES string of the molecule is CC(C)(C)[N+]1=C=[N+](c2[c-]c(Oc3[c-]c(-c4cc(-c5[c-]c(Oc6[c-]cccc6)ccc5)[c-]cn4)ccc3)ccc2)C=C1.[C-]#Cn1cccc1.[Pt+2].[Pt+4]. The molecule has 248 valence electrons. The van der Waals surface area contributed by atoms with Gasteiger partial charge < -0.3 is 25.4 Å². The Morgan fingerprint density at radius 1 is 0.740 bits per heavy atom. The number of aromatic nitrogens is 2. The Labute approximate surface area is 322 Å². The molecule has 6 aromatic rings. The number of hydrogen-bond acceptors (Lipinski definition) is 3. The molecule has 0 aliphatic carbocycles. The first-order chi connectivity index (χ1) is 23.3. The van der Waals surface area contributed by atoms with Gasteiger partial charge in [0.25, 0.3) is 6.20 Å². The molecular formula is C42H30N4O2Pt2+2. The van der Waals surface area contributed by atoms with Crippen LogP contribution >= 0.6 is 0 Å². The van der Waals surface area contributed by atoms with Gasteiger partial charge in [0.15, 0.2) is 5.54 Å². The van der Waals surface area contributed by atoms with Crippen molar-refractivity contribution in [2.45, 2.75) is 26.3 Å². The molecule has 0 saturated heterocycles. The Bertz CT molecular complexity index is 2170. The predicted molar refractivity (Wildman–Crippen MR) is 183 cm³/mol. The Morgan fingerprint density at radius 3 is 2.02 bits per heavy atom. The first-order valence-electron chi connectivity index (χ1n) is 15.2. The Hall–Kier alpha value is -5.03. The largest absolute Gasteiger partial charge is 4.00 e. The maximum Gasteiger partial charge on any atom is 4.00 e. The normalized spacial score (nSPS) is 11.4. The molecule has 0 saturated carbocycles. The van der Waals surface area contributed by atoms with E-state index in [1.54, 1.807) is 23.2 Å². The molecule has 0 N–H and O–H groups in total. The fraction of sp³-hybridized carbons (Fsp3) is 0.0952. The van der Waals surface area contributed by atoms with Gasteiger partial charge in [0.2, 0.25) is 6.20 Å². The summed E-state index contributed by atoms with van der Waals surface area (Å²) in [6.07, 6.45) is 15.7. The summed E-state index contributed by atoms with van der Waals surface area (Å²) in [6.45, 7) is 6.41. The number of ether oxygens (including phenoxy) is 2. The fourth-order valence-corrected chi connectivity index (χ4v) is 4.56. The third kappa shape index (κ3) is 10.0. The molecule has 6 nitrogen and oxygen atoms in total. The first kappa shape index (κ1) is 37.8. The van der Waals surface area contributed by atoms with Crippen molar-refractivity contribution >= 4 is 11.7 Å². The van der Waals surface area contributed by atoms with E-state index in [4.69, 9.17) is 15.9 Å². The van der Waals surface area contributed by atoms with Crippen LogP contribution in [0.4, 0.5) is 5.69 Å². The number of para-hydroxylation sites is 1. The van der Waals surface area contributed by atoms with Crippen LogP contribution in [0.3, 0.4) is 0 Å². The minimum Gasteiger partial charge on any atom is -0.669 e. The van der Waals surface area contributed by atoms with Crippen molar-refractivity contribution in [3.05, 3.63) is 165 Å². The van der Waals surface area contributed by atoms with Gasteiger partial charge >= 0.3 is 48.1 Å². The van der Waals surface area contributed by atoms with Crippen LogP contribution in [-0.2, 0) is 42.1 Å². The van der Waals surface area contributed by atoms with E-state index in [0.29, 0.717) is 23.0 Å². The summed E-state index contributed by atoms with van der Waals surface area (Å²) in [4.78, 5) is 4.54. The van der Waals surface area contributed by atoms with Crippen molar-refractivity contribution in [1.82, 2.24) is 9.55 Å². The van der Waals surface area contributed by atoms with Crippen LogP contribution in [0, 0.1) is 42.8 Å². The summed E-state index contributed by atoms with van der Waals surface area (Å²) in [6, 6.07) is 52.2. The second kappa shape index (κ2) is 17.6. The van der Waals surface area contributed by atoms with E-state index in [9.17, 15) is 0 Å². The molecule has 8 heteroatoms. The van der Waals surface area contributed by atoms with Crippen molar-refractivity contribution in [1.29, 1.82) is 0 Å². The van der Waals surface area contributed by atoms with E-state index in [1.165, 1.54) is 0 Å². The average molecular weight is 1010 g/mol. The second-order valence-electron chi connectivity index (χ2n) is 11.5. The molecular weight excluding hydrogens is 983 g/mol. The van der Waals surface area contributed by atoms with Gasteiger partial charge in [-0.05, 0) is 12.1 Å². The summed E-state index contributed by atoms with van der Waals surface area (Å²) >= 11 is 0. The second-order valence-corrected chi connectivity index (χ2v) is 11.5. The van der Waals surface area contributed by atoms with Gasteiger partial charge in [-0.25, -0.2) is 24.2 Å². The Morgan fingerprint density at radius 2 is 1.38 bits per heavy atom. The summed E-state index contributed by atoms with van der Waals surface area (Å²) < 4.78 is 17.5. The van der Waals surface area contributed by atoms with Crippen LogP contribution in [0.5, 0.6) is 23.0 Å². The van der Waals surface area contributed by atoms with Crippen LogP contribution < -0.4 is 9.47 Å². The zero-order valence-corrected chi connectivity index (χ0v) is 31.9. The van der Waals surface area contributed by atoms with Gasteiger partial charge in [0, 0.05) is 56.2 Å². The minimum atomic E-state index is -0.0621. The third-order valence-corrected chi connectivity index (χ3v) is 6.98. The molecule has 3 heterocycles. The zero-order chi connectivity index (χ0) is 33.3. The van der Waals surface area contributed by atoms with Crippen molar-refractivity contribution in [2.75, 3.05) is 0 Å². The standard InChI is InChI=1S/C36H26N3O2.C6H4N.2Pt/c1-36(2,3)39-21-20-38(26-39)30-12-9-17-34(25-30)41-33-16-8-11-29(23-33)35-24-28(18-19-37-35)27-10-7-15-32(22-27)40-31-13-5-4-6-14-31;1-2-7-5-3-4-6-7;;/h4-13,15-17,19-21,24H,1-3H3;3-6H;;/q-3;-1;+2;+4. The van der Waals surface area contributed by atoms with Crippen LogP contribution in [0.1, 0.15) is 20.8 Å². The van der Waals surface area contributed by atoms with E-state index in [-0.39, 0.29) is 47.7 Å². The fourth-order valence-electron chi connectivity index (χ4n) is 4.56. The smallest absolute Gasteiger partial charge is 0.669 e. The van der Waals surface area contributed by atoms with Gasteiger partial charge in [-0.1, -0.05) is 39.2 Å². The molecule has 7 rings (SSSR count). The quantitative estimate of drug-likeness (QED) is 0.0912. The number of benzene rings is 4. The van der Waals surface area contributed by atoms with Crippen molar-refractivity contribution in [3.63, 3.8) is 0 Å². The minimum absolute atomic E-state index is 0. The van der Waals surface area contributed by atoms with Crippen LogP contribution in [0.25, 0.3) is 22.4 Å². The molecule has 0 atom stereocenters. The van der Waals surface area contributed by atoms with Crippen LogP contribution in [0.2, 0.25) is 0 Å². The topological polar surface area (TPSA) is 42.3 Å². The maximum absolute atomic E-state index is 6.57. The molecule has 0 radical (unpaired) electrons.